The van der Waals surface area contributed by atoms with Gasteiger partial charge in [0, 0.05) is 11.5 Å². The Bertz CT molecular complexity index is 161. The van der Waals surface area contributed by atoms with Gasteiger partial charge in [0.2, 0.25) is 6.23 Å². The van der Waals surface area contributed by atoms with E-state index in [1.54, 1.807) is 0 Å². The number of azo groups is 1. The average molecular weight is 190 g/mol. The zero-order valence-corrected chi connectivity index (χ0v) is 8.18. The Kier molecular flexibility index (Phi) is 6.44. The Balaban J connectivity index is 3.97. The summed E-state index contributed by atoms with van der Waals surface area (Å²) >= 11 is 0. The van der Waals surface area contributed by atoms with E-state index in [0.29, 0.717) is 19.3 Å². The predicted octanol–water partition coefficient (Wildman–Crippen LogP) is 1.19. The maximum Gasteiger partial charge on any atom is 0.291 e. The van der Waals surface area contributed by atoms with E-state index >= 15 is 0 Å². The van der Waals surface area contributed by atoms with Gasteiger partial charge in [-0.1, -0.05) is 25.1 Å². The molecular weight excluding hydrogens is 172 g/mol. The molecule has 2 unspecified atom stereocenters. The number of aliphatic hydroxyl groups is 2. The third-order valence-corrected chi connectivity index (χ3v) is 1.60. The van der Waals surface area contributed by atoms with Crippen molar-refractivity contribution >= 4 is 0 Å². The highest BCUT2D eigenvalue weighted by atomic mass is 16.5. The minimum Gasteiger partial charge on any atom is -0.598 e. The second kappa shape index (κ2) is 6.80. The molecular formula is C8H18N2O3. The summed E-state index contributed by atoms with van der Waals surface area (Å²) < 4.78 is 0. The van der Waals surface area contributed by atoms with Gasteiger partial charge in [0.15, 0.2) is 0 Å². The summed E-state index contributed by atoms with van der Waals surface area (Å²) in [5.41, 5.74) is 0. The van der Waals surface area contributed by atoms with Crippen LogP contribution in [-0.2, 0) is 0 Å². The molecule has 0 aliphatic heterocycles. The normalized spacial score (nSPS) is 17.1. The first-order valence-corrected chi connectivity index (χ1v) is 4.65. The van der Waals surface area contributed by atoms with Crippen molar-refractivity contribution < 1.29 is 15.1 Å². The molecule has 0 saturated carbocycles. The lowest BCUT2D eigenvalue weighted by atomic mass is 10.3. The molecule has 0 aromatic heterocycles. The lowest BCUT2D eigenvalue weighted by Gasteiger charge is -2.08. The van der Waals surface area contributed by atoms with Crippen LogP contribution in [0.25, 0.3) is 0 Å². The van der Waals surface area contributed by atoms with Gasteiger partial charge < -0.3 is 15.4 Å². The fourth-order valence-corrected chi connectivity index (χ4v) is 0.893. The third kappa shape index (κ3) is 5.54. The molecule has 0 saturated heterocycles. The Hall–Kier alpha value is -0.680. The molecule has 13 heavy (non-hydrogen) atoms. The van der Waals surface area contributed by atoms with Gasteiger partial charge in [-0.25, -0.2) is 0 Å². The lowest BCUT2D eigenvalue weighted by molar-refractivity contribution is -0.617. The zero-order chi connectivity index (χ0) is 10.3. The summed E-state index contributed by atoms with van der Waals surface area (Å²) in [5.74, 6) is 0. The summed E-state index contributed by atoms with van der Waals surface area (Å²) in [7, 11) is 0. The van der Waals surface area contributed by atoms with Crippen molar-refractivity contribution in [1.29, 1.82) is 0 Å². The van der Waals surface area contributed by atoms with E-state index in [1.165, 1.54) is 0 Å². The molecule has 0 radical (unpaired) electrons. The fourth-order valence-electron chi connectivity index (χ4n) is 0.893. The molecule has 0 rings (SSSR count). The molecule has 5 heteroatoms. The van der Waals surface area contributed by atoms with E-state index in [-0.39, 0.29) is 4.86 Å². The van der Waals surface area contributed by atoms with Crippen molar-refractivity contribution in [3.05, 3.63) is 5.21 Å². The number of rotatable bonds is 6. The monoisotopic (exact) mass is 190 g/mol. The van der Waals surface area contributed by atoms with E-state index < -0.39 is 12.5 Å². The number of hydrogen-bond donors (Lipinski definition) is 2. The van der Waals surface area contributed by atoms with Crippen molar-refractivity contribution in [2.24, 2.45) is 5.11 Å². The summed E-state index contributed by atoms with van der Waals surface area (Å²) in [4.78, 5) is 0.184. The van der Waals surface area contributed by atoms with Gasteiger partial charge in [-0.2, -0.15) is 0 Å². The number of aliphatic hydroxyl groups excluding tert-OH is 2. The SMILES string of the molecule is CCCC(O)/N=[N+](\[O-])C(O)CCC. The molecule has 2 atom stereocenters. The highest BCUT2D eigenvalue weighted by Gasteiger charge is 2.13. The highest BCUT2D eigenvalue weighted by Crippen LogP contribution is 2.02. The van der Waals surface area contributed by atoms with E-state index in [1.807, 2.05) is 13.8 Å². The van der Waals surface area contributed by atoms with Gasteiger partial charge in [-0.05, 0) is 12.8 Å². The van der Waals surface area contributed by atoms with Crippen LogP contribution < -0.4 is 0 Å². The third-order valence-electron chi connectivity index (χ3n) is 1.60. The van der Waals surface area contributed by atoms with Crippen LogP contribution in [0.4, 0.5) is 0 Å². The van der Waals surface area contributed by atoms with Gasteiger partial charge in [0.05, 0.1) is 0 Å². The summed E-state index contributed by atoms with van der Waals surface area (Å²) in [6.45, 7) is 3.75. The molecule has 0 spiro atoms. The molecule has 78 valence electrons. The first-order valence-electron chi connectivity index (χ1n) is 4.65. The van der Waals surface area contributed by atoms with Crippen LogP contribution in [0.2, 0.25) is 0 Å². The van der Waals surface area contributed by atoms with Gasteiger partial charge in [0.1, 0.15) is 0 Å². The standard InChI is InChI=1S/C8H18N2O3/c1-3-5-7(11)9-10(13)8(12)6-4-2/h7-8,11-12H,3-6H2,1-2H3/b10-9-. The lowest BCUT2D eigenvalue weighted by Crippen LogP contribution is -2.21. The van der Waals surface area contributed by atoms with Crippen LogP contribution in [0.5, 0.6) is 0 Å². The van der Waals surface area contributed by atoms with Crippen molar-refractivity contribution in [2.45, 2.75) is 52.0 Å². The predicted molar refractivity (Wildman–Crippen MR) is 47.9 cm³/mol. The number of hydrogen-bond acceptors (Lipinski definition) is 4. The van der Waals surface area contributed by atoms with Crippen molar-refractivity contribution in [3.63, 3.8) is 0 Å². The van der Waals surface area contributed by atoms with Crippen molar-refractivity contribution in [3.8, 4) is 0 Å². The second-order valence-corrected chi connectivity index (χ2v) is 2.96. The first-order chi connectivity index (χ1) is 6.11. The van der Waals surface area contributed by atoms with Crippen LogP contribution in [0.3, 0.4) is 0 Å². The maximum absolute atomic E-state index is 11.0. The van der Waals surface area contributed by atoms with Crippen LogP contribution in [0.15, 0.2) is 5.11 Å². The van der Waals surface area contributed by atoms with E-state index in [2.05, 4.69) is 5.11 Å². The quantitative estimate of drug-likeness (QED) is 0.286. The van der Waals surface area contributed by atoms with E-state index in [0.717, 1.165) is 6.42 Å². The van der Waals surface area contributed by atoms with Gasteiger partial charge in [0.25, 0.3) is 6.23 Å². The summed E-state index contributed by atoms with van der Waals surface area (Å²) in [6.07, 6.45) is 0.149. The average Bonchev–Trinajstić information content (AvgIpc) is 2.05. The maximum atomic E-state index is 11.0. The highest BCUT2D eigenvalue weighted by molar-refractivity contribution is 4.44. The number of hydroxylamine groups is 1. The minimum absolute atomic E-state index is 0.184. The first kappa shape index (κ1) is 12.3. The van der Waals surface area contributed by atoms with Gasteiger partial charge in [-0.3, -0.25) is 0 Å². The summed E-state index contributed by atoms with van der Waals surface area (Å²) in [5, 5.41) is 32.6. The molecule has 5 nitrogen and oxygen atoms in total. The topological polar surface area (TPSA) is 78.9 Å². The van der Waals surface area contributed by atoms with Crippen molar-refractivity contribution in [1.82, 2.24) is 0 Å². The molecule has 0 aliphatic carbocycles. The van der Waals surface area contributed by atoms with Crippen LogP contribution in [0, 0.1) is 5.21 Å². The molecule has 0 amide bonds. The molecule has 0 aromatic rings. The second-order valence-electron chi connectivity index (χ2n) is 2.96. The zero-order valence-electron chi connectivity index (χ0n) is 8.18. The van der Waals surface area contributed by atoms with E-state index in [4.69, 9.17) is 10.2 Å². The Morgan fingerprint density at radius 2 is 1.77 bits per heavy atom. The fraction of sp³-hybridized carbons (Fsp3) is 1.00. The smallest absolute Gasteiger partial charge is 0.291 e. The minimum atomic E-state index is -1.13. The summed E-state index contributed by atoms with van der Waals surface area (Å²) in [6, 6.07) is 0. The largest absolute Gasteiger partial charge is 0.598 e. The Morgan fingerprint density at radius 3 is 2.23 bits per heavy atom. The molecule has 0 bridgehead atoms. The Labute approximate surface area is 78.3 Å². The molecule has 0 heterocycles. The van der Waals surface area contributed by atoms with Gasteiger partial charge in [-0.15, -0.1) is 0 Å². The number of nitrogens with zero attached hydrogens (tertiary/aromatic N) is 2. The van der Waals surface area contributed by atoms with Crippen LogP contribution in [-0.4, -0.2) is 27.5 Å². The molecule has 2 N–H and O–H groups in total. The molecule has 0 aliphatic rings. The van der Waals surface area contributed by atoms with Crippen LogP contribution in [0.1, 0.15) is 39.5 Å². The Morgan fingerprint density at radius 1 is 1.23 bits per heavy atom. The van der Waals surface area contributed by atoms with Gasteiger partial charge >= 0.3 is 0 Å². The van der Waals surface area contributed by atoms with E-state index in [9.17, 15) is 5.21 Å². The molecule has 0 fully saturated rings. The van der Waals surface area contributed by atoms with Crippen LogP contribution >= 0.6 is 0 Å². The van der Waals surface area contributed by atoms with Crippen molar-refractivity contribution in [2.75, 3.05) is 0 Å². The molecule has 0 aromatic carbocycles.